The normalized spacial score (nSPS) is 23.0. The van der Waals surface area contributed by atoms with E-state index in [1.54, 1.807) is 22.0 Å². The lowest BCUT2D eigenvalue weighted by atomic mass is 9.98. The minimum Gasteiger partial charge on any atom is -0.381 e. The molecule has 1 aromatic heterocycles. The minimum atomic E-state index is -0.0447. The molecule has 4 rings (SSSR count). The number of rotatable bonds is 7. The number of imidazole rings is 1. The van der Waals surface area contributed by atoms with Gasteiger partial charge in [-0.15, -0.1) is 0 Å². The van der Waals surface area contributed by atoms with Crippen LogP contribution in [0, 0.1) is 5.92 Å². The van der Waals surface area contributed by atoms with Crippen LogP contribution in [0.15, 0.2) is 12.5 Å². The van der Waals surface area contributed by atoms with Crippen LogP contribution >= 0.6 is 0 Å². The molecule has 166 valence electrons. The first-order chi connectivity index (χ1) is 14.5. The Morgan fingerprint density at radius 1 is 1.13 bits per heavy atom. The Morgan fingerprint density at radius 2 is 1.90 bits per heavy atom. The van der Waals surface area contributed by atoms with E-state index in [2.05, 4.69) is 14.8 Å². The van der Waals surface area contributed by atoms with Crippen LogP contribution < -0.4 is 0 Å². The van der Waals surface area contributed by atoms with Crippen molar-refractivity contribution in [3.63, 3.8) is 0 Å². The highest BCUT2D eigenvalue weighted by Gasteiger charge is 2.38. The Morgan fingerprint density at radius 3 is 2.57 bits per heavy atom. The third kappa shape index (κ3) is 5.03. The molecule has 1 atom stereocenters. The topological polar surface area (TPSA) is 70.9 Å². The summed E-state index contributed by atoms with van der Waals surface area (Å²) in [7, 11) is 3.72. The van der Waals surface area contributed by atoms with Gasteiger partial charge in [0, 0.05) is 77.7 Å². The smallest absolute Gasteiger partial charge is 0.273 e. The summed E-state index contributed by atoms with van der Waals surface area (Å²) in [5.41, 5.74) is 0.483. The summed E-state index contributed by atoms with van der Waals surface area (Å²) in [6.07, 6.45) is 9.75. The molecule has 0 radical (unpaired) electrons. The van der Waals surface area contributed by atoms with Crippen molar-refractivity contribution in [1.82, 2.24) is 24.3 Å². The quantitative estimate of drug-likeness (QED) is 0.670. The molecule has 30 heavy (non-hydrogen) atoms. The van der Waals surface area contributed by atoms with Crippen LogP contribution in [0.2, 0.25) is 0 Å². The van der Waals surface area contributed by atoms with E-state index in [0.717, 1.165) is 71.4 Å². The van der Waals surface area contributed by atoms with E-state index in [-0.39, 0.29) is 11.8 Å². The number of hydrogen-bond acceptors (Lipinski definition) is 5. The van der Waals surface area contributed by atoms with Gasteiger partial charge in [-0.1, -0.05) is 0 Å². The second-order valence-corrected chi connectivity index (χ2v) is 9.09. The number of nitrogens with zero attached hydrogens (tertiary/aromatic N) is 5. The van der Waals surface area contributed by atoms with E-state index >= 15 is 0 Å². The molecule has 3 fully saturated rings. The lowest BCUT2D eigenvalue weighted by Crippen LogP contribution is -2.55. The summed E-state index contributed by atoms with van der Waals surface area (Å²) in [5, 5.41) is 0. The van der Waals surface area contributed by atoms with Crippen LogP contribution in [0.5, 0.6) is 0 Å². The van der Waals surface area contributed by atoms with Crippen molar-refractivity contribution < 1.29 is 14.3 Å². The summed E-state index contributed by atoms with van der Waals surface area (Å²) < 4.78 is 7.39. The molecular weight excluding hydrogens is 382 g/mol. The number of carbonyl (C=O) groups excluding carboxylic acids is 2. The summed E-state index contributed by atoms with van der Waals surface area (Å²) in [6.45, 7) is 4.77. The SMILES string of the molecule is CN(CCN(C1CCOCC1)C1CCCN(C(=O)C2CC2)C1)C(=O)c1cn(C)cn1. The van der Waals surface area contributed by atoms with Crippen molar-refractivity contribution in [3.05, 3.63) is 18.2 Å². The van der Waals surface area contributed by atoms with Gasteiger partial charge in [-0.3, -0.25) is 14.5 Å². The molecule has 1 unspecified atom stereocenters. The number of carbonyl (C=O) groups is 2. The second-order valence-electron chi connectivity index (χ2n) is 9.09. The van der Waals surface area contributed by atoms with Crippen LogP contribution in [0.3, 0.4) is 0 Å². The van der Waals surface area contributed by atoms with Crippen LogP contribution in [-0.2, 0) is 16.6 Å². The summed E-state index contributed by atoms with van der Waals surface area (Å²) in [4.78, 5) is 36.0. The maximum atomic E-state index is 12.7. The van der Waals surface area contributed by atoms with Crippen LogP contribution in [0.25, 0.3) is 0 Å². The van der Waals surface area contributed by atoms with Gasteiger partial charge < -0.3 is 19.1 Å². The molecule has 1 saturated carbocycles. The van der Waals surface area contributed by atoms with E-state index in [4.69, 9.17) is 4.74 Å². The number of likely N-dealkylation sites (tertiary alicyclic amines) is 1. The number of aromatic nitrogens is 2. The van der Waals surface area contributed by atoms with E-state index < -0.39 is 0 Å². The van der Waals surface area contributed by atoms with Crippen LogP contribution in [0.4, 0.5) is 0 Å². The van der Waals surface area contributed by atoms with Gasteiger partial charge >= 0.3 is 0 Å². The number of ether oxygens (including phenoxy) is 1. The Kier molecular flexibility index (Phi) is 6.73. The molecule has 3 heterocycles. The van der Waals surface area contributed by atoms with Crippen molar-refractivity contribution in [2.24, 2.45) is 13.0 Å². The molecular formula is C22H35N5O3. The van der Waals surface area contributed by atoms with E-state index in [9.17, 15) is 9.59 Å². The monoisotopic (exact) mass is 417 g/mol. The highest BCUT2D eigenvalue weighted by molar-refractivity contribution is 5.91. The predicted octanol–water partition coefficient (Wildman–Crippen LogP) is 1.37. The fraction of sp³-hybridized carbons (Fsp3) is 0.773. The molecule has 8 nitrogen and oxygen atoms in total. The molecule has 2 saturated heterocycles. The average Bonchev–Trinajstić information content (AvgIpc) is 3.54. The zero-order chi connectivity index (χ0) is 21.1. The first-order valence-electron chi connectivity index (χ1n) is 11.4. The Balaban J connectivity index is 1.40. The first kappa shape index (κ1) is 21.3. The molecule has 0 bridgehead atoms. The lowest BCUT2D eigenvalue weighted by molar-refractivity contribution is -0.135. The number of amides is 2. The van der Waals surface area contributed by atoms with E-state index in [0.29, 0.717) is 30.2 Å². The molecule has 1 aromatic rings. The lowest BCUT2D eigenvalue weighted by Gasteiger charge is -2.44. The summed E-state index contributed by atoms with van der Waals surface area (Å²) in [5.74, 6) is 0.591. The van der Waals surface area contributed by atoms with Gasteiger partial charge in [0.05, 0.1) is 6.33 Å². The molecule has 0 spiro atoms. The van der Waals surface area contributed by atoms with Gasteiger partial charge in [-0.25, -0.2) is 4.98 Å². The van der Waals surface area contributed by atoms with Gasteiger partial charge in [0.1, 0.15) is 5.69 Å². The standard InChI is InChI=1S/C22H35N5O3/c1-24-15-20(23-16-24)22(29)25(2)10-11-27(18-7-12-30-13-8-18)19-4-3-9-26(14-19)21(28)17-5-6-17/h15-19H,3-14H2,1-2H3. The Hall–Kier alpha value is -1.93. The summed E-state index contributed by atoms with van der Waals surface area (Å²) >= 11 is 0. The van der Waals surface area contributed by atoms with Gasteiger partial charge in [0.15, 0.2) is 0 Å². The van der Waals surface area contributed by atoms with Crippen molar-refractivity contribution in [3.8, 4) is 0 Å². The number of aryl methyl sites for hydroxylation is 1. The number of likely N-dealkylation sites (N-methyl/N-ethyl adjacent to an activating group) is 1. The van der Waals surface area contributed by atoms with Crippen molar-refractivity contribution in [2.45, 2.75) is 50.6 Å². The van der Waals surface area contributed by atoms with Crippen LogP contribution in [0.1, 0.15) is 49.0 Å². The third-order valence-electron chi connectivity index (χ3n) is 6.73. The zero-order valence-electron chi connectivity index (χ0n) is 18.3. The molecule has 3 aliphatic rings. The molecule has 1 aliphatic carbocycles. The minimum absolute atomic E-state index is 0.0447. The fourth-order valence-electron chi connectivity index (χ4n) is 4.78. The molecule has 0 N–H and O–H groups in total. The predicted molar refractivity (Wildman–Crippen MR) is 113 cm³/mol. The van der Waals surface area contributed by atoms with Gasteiger partial charge in [-0.05, 0) is 38.5 Å². The molecule has 8 heteroatoms. The largest absolute Gasteiger partial charge is 0.381 e. The zero-order valence-corrected chi connectivity index (χ0v) is 18.3. The van der Waals surface area contributed by atoms with Gasteiger partial charge in [0.25, 0.3) is 5.91 Å². The second kappa shape index (κ2) is 9.47. The van der Waals surface area contributed by atoms with E-state index in [1.165, 1.54) is 0 Å². The Bertz CT molecular complexity index is 741. The van der Waals surface area contributed by atoms with E-state index in [1.807, 2.05) is 14.1 Å². The van der Waals surface area contributed by atoms with Gasteiger partial charge in [-0.2, -0.15) is 0 Å². The molecule has 0 aromatic carbocycles. The highest BCUT2D eigenvalue weighted by Crippen LogP contribution is 2.33. The maximum absolute atomic E-state index is 12.7. The van der Waals surface area contributed by atoms with Crippen molar-refractivity contribution >= 4 is 11.8 Å². The fourth-order valence-corrected chi connectivity index (χ4v) is 4.78. The van der Waals surface area contributed by atoms with Crippen molar-refractivity contribution in [1.29, 1.82) is 0 Å². The Labute approximate surface area is 179 Å². The maximum Gasteiger partial charge on any atom is 0.273 e. The molecule has 2 aliphatic heterocycles. The van der Waals surface area contributed by atoms with Crippen molar-refractivity contribution in [2.75, 3.05) is 46.4 Å². The van der Waals surface area contributed by atoms with Crippen LogP contribution in [-0.4, -0.2) is 94.6 Å². The average molecular weight is 418 g/mol. The highest BCUT2D eigenvalue weighted by atomic mass is 16.5. The number of hydrogen-bond donors (Lipinski definition) is 0. The van der Waals surface area contributed by atoms with Gasteiger partial charge in [0.2, 0.25) is 5.91 Å². The summed E-state index contributed by atoms with van der Waals surface area (Å²) in [6, 6.07) is 0.820. The molecule has 2 amide bonds. The number of piperidine rings is 1. The third-order valence-corrected chi connectivity index (χ3v) is 6.73. The first-order valence-corrected chi connectivity index (χ1v) is 11.4.